The molecule has 0 saturated carbocycles. The second-order valence-electron chi connectivity index (χ2n) is 6.06. The monoisotopic (exact) mass is 441 g/mol. The third-order valence-electron chi connectivity index (χ3n) is 4.01. The predicted octanol–water partition coefficient (Wildman–Crippen LogP) is 5.35. The molecule has 4 rings (SSSR count). The van der Waals surface area contributed by atoms with Crippen LogP contribution in [0.1, 0.15) is 12.6 Å². The number of carbonyl (C=O) groups is 1. The van der Waals surface area contributed by atoms with Gasteiger partial charge in [0, 0.05) is 23.1 Å². The number of hydrogen-bond donors (Lipinski definition) is 0. The van der Waals surface area contributed by atoms with Crippen molar-refractivity contribution < 1.29 is 4.79 Å². The van der Waals surface area contributed by atoms with Crippen molar-refractivity contribution in [1.82, 2.24) is 19.7 Å². The topological polar surface area (TPSA) is 63.9 Å². The van der Waals surface area contributed by atoms with E-state index in [0.29, 0.717) is 15.9 Å². The molecule has 146 valence electrons. The zero-order valence-corrected chi connectivity index (χ0v) is 17.8. The molecule has 0 radical (unpaired) electrons. The quantitative estimate of drug-likeness (QED) is 0.377. The summed E-state index contributed by atoms with van der Waals surface area (Å²) in [4.78, 5) is 18.4. The Bertz CT molecular complexity index is 1130. The molecule has 1 amide bonds. The van der Waals surface area contributed by atoms with Crippen molar-refractivity contribution in [3.8, 4) is 5.69 Å². The lowest BCUT2D eigenvalue weighted by molar-refractivity contribution is -0.115. The number of anilines is 2. The number of thioether (sulfide) groups is 1. The molecule has 29 heavy (non-hydrogen) atoms. The van der Waals surface area contributed by atoms with Crippen LogP contribution in [-0.2, 0) is 10.5 Å². The highest BCUT2D eigenvalue weighted by Crippen LogP contribution is 2.31. The maximum absolute atomic E-state index is 12.2. The Morgan fingerprint density at radius 3 is 2.79 bits per heavy atom. The van der Waals surface area contributed by atoms with Crippen LogP contribution in [0.15, 0.2) is 71.5 Å². The van der Waals surface area contributed by atoms with Gasteiger partial charge < -0.3 is 0 Å². The molecule has 0 aliphatic heterocycles. The van der Waals surface area contributed by atoms with E-state index in [4.69, 9.17) is 11.6 Å². The number of amides is 1. The molecule has 2 heterocycles. The summed E-state index contributed by atoms with van der Waals surface area (Å²) >= 11 is 9.06. The maximum atomic E-state index is 12.2. The lowest BCUT2D eigenvalue weighted by Crippen LogP contribution is -2.22. The first-order chi connectivity index (χ1) is 14.1. The zero-order chi connectivity index (χ0) is 20.2. The first-order valence-corrected chi connectivity index (χ1v) is 10.9. The first-order valence-electron chi connectivity index (χ1n) is 8.71. The fourth-order valence-electron chi connectivity index (χ4n) is 2.73. The summed E-state index contributed by atoms with van der Waals surface area (Å²) in [7, 11) is 0. The summed E-state index contributed by atoms with van der Waals surface area (Å²) in [6.45, 7) is 1.54. The van der Waals surface area contributed by atoms with Crippen molar-refractivity contribution in [1.29, 1.82) is 0 Å². The van der Waals surface area contributed by atoms with Crippen LogP contribution in [0.2, 0.25) is 5.02 Å². The Balaban J connectivity index is 1.51. The summed E-state index contributed by atoms with van der Waals surface area (Å²) in [6, 6.07) is 17.0. The number of nitrogens with zero attached hydrogens (tertiary/aromatic N) is 5. The second-order valence-corrected chi connectivity index (χ2v) is 8.28. The summed E-state index contributed by atoms with van der Waals surface area (Å²) in [5, 5.41) is 12.2. The van der Waals surface area contributed by atoms with Crippen LogP contribution in [0, 0.1) is 0 Å². The van der Waals surface area contributed by atoms with Crippen LogP contribution < -0.4 is 4.90 Å². The van der Waals surface area contributed by atoms with Gasteiger partial charge in [0.25, 0.3) is 0 Å². The molecule has 0 fully saturated rings. The van der Waals surface area contributed by atoms with Crippen LogP contribution in [-0.4, -0.2) is 25.7 Å². The van der Waals surface area contributed by atoms with E-state index in [1.807, 2.05) is 64.5 Å². The van der Waals surface area contributed by atoms with E-state index in [-0.39, 0.29) is 5.91 Å². The van der Waals surface area contributed by atoms with Gasteiger partial charge in [0.1, 0.15) is 6.33 Å². The van der Waals surface area contributed by atoms with Gasteiger partial charge in [-0.2, -0.15) is 0 Å². The summed E-state index contributed by atoms with van der Waals surface area (Å²) < 4.78 is 1.88. The fourth-order valence-corrected chi connectivity index (χ4v) is 4.73. The molecule has 2 aromatic carbocycles. The van der Waals surface area contributed by atoms with Crippen molar-refractivity contribution in [2.45, 2.75) is 17.8 Å². The van der Waals surface area contributed by atoms with Gasteiger partial charge in [0.05, 0.1) is 17.1 Å². The van der Waals surface area contributed by atoms with E-state index in [1.54, 1.807) is 11.2 Å². The fraction of sp³-hybridized carbons (Fsp3) is 0.100. The minimum absolute atomic E-state index is 0.0783. The van der Waals surface area contributed by atoms with Crippen molar-refractivity contribution in [3.63, 3.8) is 0 Å². The van der Waals surface area contributed by atoms with E-state index >= 15 is 0 Å². The van der Waals surface area contributed by atoms with Crippen molar-refractivity contribution in [2.24, 2.45) is 0 Å². The van der Waals surface area contributed by atoms with Gasteiger partial charge in [-0.25, -0.2) is 4.98 Å². The normalized spacial score (nSPS) is 10.8. The number of hydrogen-bond acceptors (Lipinski definition) is 6. The minimum Gasteiger partial charge on any atom is -0.277 e. The summed E-state index contributed by atoms with van der Waals surface area (Å²) in [5.74, 6) is 0.529. The van der Waals surface area contributed by atoms with E-state index in [9.17, 15) is 4.79 Å². The molecule has 4 aromatic rings. The molecule has 0 spiro atoms. The number of rotatable bonds is 6. The SMILES string of the molecule is CC(=O)N(c1ccccc1)c1nc(CSc2nncn2-c2cccc(Cl)c2)cs1. The molecule has 0 atom stereocenters. The molecule has 0 aliphatic carbocycles. The van der Waals surface area contributed by atoms with Crippen LogP contribution in [0.4, 0.5) is 10.8 Å². The van der Waals surface area contributed by atoms with Crippen LogP contribution in [0.25, 0.3) is 5.69 Å². The lowest BCUT2D eigenvalue weighted by Gasteiger charge is -2.17. The number of thiazole rings is 1. The molecule has 0 saturated heterocycles. The molecule has 0 unspecified atom stereocenters. The average molecular weight is 442 g/mol. The van der Waals surface area contributed by atoms with Crippen molar-refractivity contribution in [3.05, 3.63) is 77.0 Å². The largest absolute Gasteiger partial charge is 0.277 e. The standard InChI is InChI=1S/C20H16ClN5OS2/c1-14(27)26(17-7-3-2-4-8-17)19-23-16(11-28-19)12-29-20-24-22-13-25(20)18-9-5-6-15(21)10-18/h2-11,13H,12H2,1H3. The number of benzene rings is 2. The Hall–Kier alpha value is -2.68. The minimum atomic E-state index is -0.0783. The Morgan fingerprint density at radius 2 is 2.03 bits per heavy atom. The Kier molecular flexibility index (Phi) is 5.94. The third kappa shape index (κ3) is 4.50. The smallest absolute Gasteiger partial charge is 0.230 e. The van der Waals surface area contributed by atoms with Gasteiger partial charge in [0.2, 0.25) is 5.91 Å². The third-order valence-corrected chi connectivity index (χ3v) is 6.10. The second kappa shape index (κ2) is 8.77. The van der Waals surface area contributed by atoms with Gasteiger partial charge in [0.15, 0.2) is 10.3 Å². The van der Waals surface area contributed by atoms with E-state index in [2.05, 4.69) is 15.2 Å². The van der Waals surface area contributed by atoms with E-state index in [1.165, 1.54) is 30.0 Å². The van der Waals surface area contributed by atoms with Crippen LogP contribution in [0.5, 0.6) is 0 Å². The molecule has 0 bridgehead atoms. The highest BCUT2D eigenvalue weighted by molar-refractivity contribution is 7.98. The molecule has 0 aliphatic rings. The Morgan fingerprint density at radius 1 is 1.21 bits per heavy atom. The zero-order valence-electron chi connectivity index (χ0n) is 15.4. The average Bonchev–Trinajstić information content (AvgIpc) is 3.36. The number of halogens is 1. The van der Waals surface area contributed by atoms with Crippen LogP contribution in [0.3, 0.4) is 0 Å². The Labute approximate surface area is 181 Å². The lowest BCUT2D eigenvalue weighted by atomic mass is 10.3. The molecule has 2 aromatic heterocycles. The van der Waals surface area contributed by atoms with Crippen molar-refractivity contribution in [2.75, 3.05) is 4.90 Å². The number of para-hydroxylation sites is 1. The van der Waals surface area contributed by atoms with Gasteiger partial charge in [-0.1, -0.05) is 47.6 Å². The van der Waals surface area contributed by atoms with E-state index < -0.39 is 0 Å². The molecule has 6 nitrogen and oxygen atoms in total. The molecular formula is C20H16ClN5OS2. The highest BCUT2D eigenvalue weighted by Gasteiger charge is 2.18. The number of carbonyl (C=O) groups excluding carboxylic acids is 1. The highest BCUT2D eigenvalue weighted by atomic mass is 35.5. The van der Waals surface area contributed by atoms with Crippen LogP contribution >= 0.6 is 34.7 Å². The molecule has 0 N–H and O–H groups in total. The summed E-state index contributed by atoms with van der Waals surface area (Å²) in [5.41, 5.74) is 2.57. The van der Waals surface area contributed by atoms with Gasteiger partial charge in [-0.05, 0) is 30.3 Å². The first kappa shape index (κ1) is 19.6. The van der Waals surface area contributed by atoms with Gasteiger partial charge in [-0.3, -0.25) is 14.3 Å². The maximum Gasteiger partial charge on any atom is 0.230 e. The van der Waals surface area contributed by atoms with E-state index in [0.717, 1.165) is 22.2 Å². The van der Waals surface area contributed by atoms with Gasteiger partial charge >= 0.3 is 0 Å². The van der Waals surface area contributed by atoms with Crippen molar-refractivity contribution >= 4 is 51.4 Å². The van der Waals surface area contributed by atoms with Gasteiger partial charge in [-0.15, -0.1) is 21.5 Å². The predicted molar refractivity (Wildman–Crippen MR) is 117 cm³/mol. The summed E-state index contributed by atoms with van der Waals surface area (Å²) in [6.07, 6.45) is 1.66. The number of aromatic nitrogens is 4. The molecular weight excluding hydrogens is 426 g/mol. The molecule has 9 heteroatoms.